The highest BCUT2D eigenvalue weighted by Crippen LogP contribution is 2.38. The molecule has 0 fully saturated rings. The summed E-state index contributed by atoms with van der Waals surface area (Å²) in [5.74, 6) is 0. The Labute approximate surface area is 136 Å². The molecule has 0 amide bonds. The number of nitrogens with two attached hydrogens (primary N) is 1. The molecule has 0 spiro atoms. The molecule has 1 aliphatic rings. The lowest BCUT2D eigenvalue weighted by Gasteiger charge is -2.32. The summed E-state index contributed by atoms with van der Waals surface area (Å²) in [6.45, 7) is 2.43. The zero-order chi connectivity index (χ0) is 15.2. The van der Waals surface area contributed by atoms with Crippen LogP contribution >= 0.6 is 27.3 Å². The maximum Gasteiger partial charge on any atom is 0.244 e. The van der Waals surface area contributed by atoms with Crippen molar-refractivity contribution >= 4 is 43.0 Å². The Morgan fingerprint density at radius 1 is 1.38 bits per heavy atom. The Kier molecular flexibility index (Phi) is 3.85. The maximum atomic E-state index is 12.9. The first-order chi connectivity index (χ1) is 9.91. The number of hydrogen-bond acceptors (Lipinski definition) is 4. The molecule has 1 aromatic heterocycles. The van der Waals surface area contributed by atoms with Gasteiger partial charge in [-0.15, -0.1) is 11.3 Å². The van der Waals surface area contributed by atoms with Crippen LogP contribution in [0.15, 0.2) is 39.0 Å². The summed E-state index contributed by atoms with van der Waals surface area (Å²) in [4.78, 5) is 1.51. The van der Waals surface area contributed by atoms with Crippen molar-refractivity contribution in [2.45, 2.75) is 24.3 Å². The van der Waals surface area contributed by atoms with Crippen LogP contribution < -0.4 is 5.73 Å². The van der Waals surface area contributed by atoms with Crippen LogP contribution in [0.1, 0.15) is 23.4 Å². The van der Waals surface area contributed by atoms with E-state index in [4.69, 9.17) is 5.73 Å². The fraction of sp³-hybridized carbons (Fsp3) is 0.286. The Morgan fingerprint density at radius 2 is 2.14 bits per heavy atom. The molecule has 1 aliphatic heterocycles. The van der Waals surface area contributed by atoms with Gasteiger partial charge in [-0.1, -0.05) is 0 Å². The van der Waals surface area contributed by atoms with E-state index in [9.17, 15) is 8.42 Å². The number of nitrogens with zero attached hydrogens (tertiary/aromatic N) is 1. The van der Waals surface area contributed by atoms with E-state index < -0.39 is 10.0 Å². The monoisotopic (exact) mass is 386 g/mol. The summed E-state index contributed by atoms with van der Waals surface area (Å²) in [6.07, 6.45) is 0.760. The average molecular weight is 387 g/mol. The molecule has 7 heteroatoms. The standard InChI is InChI=1S/C14H15BrN2O2S2/c1-9-11-5-7-20-13(11)4-6-17(9)21(18,19)14-8-10(16)2-3-12(14)15/h2-3,5,7-9H,4,6,16H2,1H3. The van der Waals surface area contributed by atoms with Crippen molar-refractivity contribution in [3.8, 4) is 0 Å². The van der Waals surface area contributed by atoms with E-state index in [0.717, 1.165) is 12.0 Å². The number of anilines is 1. The van der Waals surface area contributed by atoms with Crippen molar-refractivity contribution in [2.24, 2.45) is 0 Å². The third-order valence-corrected chi connectivity index (χ3v) is 7.72. The third kappa shape index (κ3) is 2.52. The molecule has 1 unspecified atom stereocenters. The molecular weight excluding hydrogens is 372 g/mol. The van der Waals surface area contributed by atoms with Crippen molar-refractivity contribution in [3.05, 3.63) is 44.6 Å². The molecule has 2 N–H and O–H groups in total. The molecule has 0 bridgehead atoms. The predicted molar refractivity (Wildman–Crippen MR) is 88.9 cm³/mol. The van der Waals surface area contributed by atoms with Crippen LogP contribution in [0.4, 0.5) is 5.69 Å². The lowest BCUT2D eigenvalue weighted by Crippen LogP contribution is -2.38. The van der Waals surface area contributed by atoms with Gasteiger partial charge in [-0.25, -0.2) is 8.42 Å². The van der Waals surface area contributed by atoms with E-state index in [1.54, 1.807) is 27.8 Å². The zero-order valence-electron chi connectivity index (χ0n) is 11.4. The van der Waals surface area contributed by atoms with Gasteiger partial charge in [-0.2, -0.15) is 4.31 Å². The third-order valence-electron chi connectivity index (χ3n) is 3.76. The second-order valence-electron chi connectivity index (χ2n) is 5.03. The lowest BCUT2D eigenvalue weighted by atomic mass is 10.0. The van der Waals surface area contributed by atoms with Crippen LogP contribution in [0.2, 0.25) is 0 Å². The minimum atomic E-state index is -3.57. The second-order valence-corrected chi connectivity index (χ2v) is 8.74. The second kappa shape index (κ2) is 5.39. The van der Waals surface area contributed by atoms with Crippen molar-refractivity contribution in [2.75, 3.05) is 12.3 Å². The van der Waals surface area contributed by atoms with Gasteiger partial charge >= 0.3 is 0 Å². The molecule has 0 aliphatic carbocycles. The van der Waals surface area contributed by atoms with Crippen LogP contribution in [0.3, 0.4) is 0 Å². The number of sulfonamides is 1. The van der Waals surface area contributed by atoms with Gasteiger partial charge in [0.05, 0.1) is 4.90 Å². The average Bonchev–Trinajstić information content (AvgIpc) is 2.91. The smallest absolute Gasteiger partial charge is 0.244 e. The quantitative estimate of drug-likeness (QED) is 0.804. The number of benzene rings is 1. The predicted octanol–water partition coefficient (Wildman–Crippen LogP) is 3.40. The Bertz CT molecular complexity index is 786. The zero-order valence-corrected chi connectivity index (χ0v) is 14.6. The van der Waals surface area contributed by atoms with E-state index in [1.807, 2.05) is 18.4 Å². The number of fused-ring (bicyclic) bond motifs is 1. The largest absolute Gasteiger partial charge is 0.399 e. The van der Waals surface area contributed by atoms with Crippen molar-refractivity contribution in [3.63, 3.8) is 0 Å². The Balaban J connectivity index is 2.05. The van der Waals surface area contributed by atoms with Gasteiger partial charge in [-0.05, 0) is 64.5 Å². The van der Waals surface area contributed by atoms with Gasteiger partial charge in [-0.3, -0.25) is 0 Å². The molecular formula is C14H15BrN2O2S2. The van der Waals surface area contributed by atoms with E-state index in [1.165, 1.54) is 10.9 Å². The number of thiophene rings is 1. The number of rotatable bonds is 2. The van der Waals surface area contributed by atoms with E-state index in [2.05, 4.69) is 15.9 Å². The minimum absolute atomic E-state index is 0.154. The number of halogens is 1. The molecule has 21 heavy (non-hydrogen) atoms. The van der Waals surface area contributed by atoms with E-state index >= 15 is 0 Å². The maximum absolute atomic E-state index is 12.9. The van der Waals surface area contributed by atoms with Gasteiger partial charge in [0.25, 0.3) is 0 Å². The Morgan fingerprint density at radius 3 is 2.90 bits per heavy atom. The summed E-state index contributed by atoms with van der Waals surface area (Å²) in [7, 11) is -3.57. The lowest BCUT2D eigenvalue weighted by molar-refractivity contribution is 0.329. The molecule has 4 nitrogen and oxygen atoms in total. The molecule has 112 valence electrons. The molecule has 0 saturated carbocycles. The summed E-state index contributed by atoms with van der Waals surface area (Å²) >= 11 is 5.01. The summed E-state index contributed by atoms with van der Waals surface area (Å²) in [6, 6.07) is 6.72. The molecule has 0 saturated heterocycles. The van der Waals surface area contributed by atoms with Crippen molar-refractivity contribution < 1.29 is 8.42 Å². The van der Waals surface area contributed by atoms with Crippen LogP contribution in [0.25, 0.3) is 0 Å². The molecule has 1 atom stereocenters. The minimum Gasteiger partial charge on any atom is -0.399 e. The van der Waals surface area contributed by atoms with Crippen LogP contribution in [0, 0.1) is 0 Å². The number of hydrogen-bond donors (Lipinski definition) is 1. The highest BCUT2D eigenvalue weighted by molar-refractivity contribution is 9.10. The number of nitrogen functional groups attached to an aromatic ring is 1. The van der Waals surface area contributed by atoms with Gasteiger partial charge < -0.3 is 5.73 Å². The van der Waals surface area contributed by atoms with Crippen molar-refractivity contribution in [1.82, 2.24) is 4.31 Å². The first kappa shape index (κ1) is 15.0. The summed E-state index contributed by atoms with van der Waals surface area (Å²) in [5.41, 5.74) is 7.29. The van der Waals surface area contributed by atoms with E-state index in [0.29, 0.717) is 16.7 Å². The van der Waals surface area contributed by atoms with Gasteiger partial charge in [0.15, 0.2) is 0 Å². The van der Waals surface area contributed by atoms with Crippen molar-refractivity contribution in [1.29, 1.82) is 0 Å². The normalized spacial score (nSPS) is 19.4. The Hall–Kier alpha value is -0.890. The summed E-state index contributed by atoms with van der Waals surface area (Å²) < 4.78 is 28.0. The van der Waals surface area contributed by atoms with Crippen LogP contribution in [-0.2, 0) is 16.4 Å². The SMILES string of the molecule is CC1c2ccsc2CCN1S(=O)(=O)c1cc(N)ccc1Br. The van der Waals surface area contributed by atoms with Gasteiger partial charge in [0, 0.05) is 27.6 Å². The molecule has 2 aromatic rings. The van der Waals surface area contributed by atoms with Crippen LogP contribution in [0.5, 0.6) is 0 Å². The van der Waals surface area contributed by atoms with Crippen LogP contribution in [-0.4, -0.2) is 19.3 Å². The highest BCUT2D eigenvalue weighted by Gasteiger charge is 2.35. The highest BCUT2D eigenvalue weighted by atomic mass is 79.9. The first-order valence-electron chi connectivity index (χ1n) is 6.54. The molecule has 2 heterocycles. The summed E-state index contributed by atoms with van der Waals surface area (Å²) in [5, 5.41) is 2.02. The van der Waals surface area contributed by atoms with Gasteiger partial charge in [0.1, 0.15) is 0 Å². The first-order valence-corrected chi connectivity index (χ1v) is 9.65. The van der Waals surface area contributed by atoms with Gasteiger partial charge in [0.2, 0.25) is 10.0 Å². The molecule has 1 aromatic carbocycles. The topological polar surface area (TPSA) is 63.4 Å². The van der Waals surface area contributed by atoms with E-state index in [-0.39, 0.29) is 10.9 Å². The molecule has 0 radical (unpaired) electrons. The fourth-order valence-electron chi connectivity index (χ4n) is 2.66. The molecule has 3 rings (SSSR count). The fourth-order valence-corrected chi connectivity index (χ4v) is 6.20.